The molecule has 0 aliphatic carbocycles. The lowest BCUT2D eigenvalue weighted by Crippen LogP contribution is -2.38. The molecule has 3 atom stereocenters. The number of carbonyl (C=O) groups is 1. The molecule has 2 rings (SSSR count). The Morgan fingerprint density at radius 2 is 2.10 bits per heavy atom. The summed E-state index contributed by atoms with van der Waals surface area (Å²) < 4.78 is 17.3. The van der Waals surface area contributed by atoms with Crippen molar-refractivity contribution in [3.05, 3.63) is 35.9 Å². The van der Waals surface area contributed by atoms with Crippen molar-refractivity contribution in [1.29, 1.82) is 0 Å². The fourth-order valence-electron chi connectivity index (χ4n) is 2.32. The summed E-state index contributed by atoms with van der Waals surface area (Å²) in [5, 5.41) is 0. The molecule has 4 nitrogen and oxygen atoms in total. The number of carbonyl (C=O) groups excluding carboxylic acids is 1. The molecule has 4 heteroatoms. The van der Waals surface area contributed by atoms with Gasteiger partial charge in [0, 0.05) is 5.92 Å². The van der Waals surface area contributed by atoms with Gasteiger partial charge in [-0.05, 0) is 19.4 Å². The van der Waals surface area contributed by atoms with Gasteiger partial charge in [-0.3, -0.25) is 0 Å². The Kier molecular flexibility index (Phi) is 4.91. The molecule has 1 fully saturated rings. The summed E-state index contributed by atoms with van der Waals surface area (Å²) in [4.78, 5) is 11.1. The first-order chi connectivity index (χ1) is 9.52. The average Bonchev–Trinajstić information content (AvgIpc) is 2.80. The molecule has 0 bridgehead atoms. The monoisotopic (exact) mass is 278 g/mol. The third kappa shape index (κ3) is 3.88. The zero-order chi connectivity index (χ0) is 14.6. The molecule has 1 aliphatic heterocycles. The minimum absolute atomic E-state index is 0.214. The second-order valence-corrected chi connectivity index (χ2v) is 5.62. The van der Waals surface area contributed by atoms with Crippen molar-refractivity contribution in [2.75, 3.05) is 6.61 Å². The van der Waals surface area contributed by atoms with Gasteiger partial charge in [0.2, 0.25) is 0 Å². The Hall–Kier alpha value is -1.23. The van der Waals surface area contributed by atoms with Crippen molar-refractivity contribution in [2.45, 2.75) is 45.4 Å². The fourth-order valence-corrected chi connectivity index (χ4v) is 2.32. The minimum Gasteiger partial charge on any atom is -0.370 e. The van der Waals surface area contributed by atoms with Gasteiger partial charge >= 0.3 is 0 Å². The van der Waals surface area contributed by atoms with Gasteiger partial charge in [0.25, 0.3) is 0 Å². The van der Waals surface area contributed by atoms with Crippen LogP contribution in [0.15, 0.2) is 30.3 Å². The first-order valence-corrected chi connectivity index (χ1v) is 6.94. The molecule has 0 aromatic heterocycles. The van der Waals surface area contributed by atoms with Crippen LogP contribution in [-0.4, -0.2) is 30.9 Å². The number of ether oxygens (including phenoxy) is 3. The number of hydrogen-bond acceptors (Lipinski definition) is 4. The molecular weight excluding hydrogens is 256 g/mol. The van der Waals surface area contributed by atoms with Gasteiger partial charge in [-0.15, -0.1) is 0 Å². The van der Waals surface area contributed by atoms with Gasteiger partial charge < -0.3 is 19.0 Å². The summed E-state index contributed by atoms with van der Waals surface area (Å²) in [6, 6.07) is 9.90. The highest BCUT2D eigenvalue weighted by Gasteiger charge is 2.40. The normalized spacial score (nSPS) is 24.2. The van der Waals surface area contributed by atoms with E-state index in [0.29, 0.717) is 13.2 Å². The third-order valence-electron chi connectivity index (χ3n) is 3.41. The Balaban J connectivity index is 1.99. The molecule has 0 unspecified atom stereocenters. The van der Waals surface area contributed by atoms with Gasteiger partial charge in [-0.25, -0.2) is 0 Å². The summed E-state index contributed by atoms with van der Waals surface area (Å²) in [6.07, 6.45) is 0.396. The molecule has 1 aliphatic rings. The maximum absolute atomic E-state index is 11.1. The molecule has 0 N–H and O–H groups in total. The third-order valence-corrected chi connectivity index (χ3v) is 3.41. The SMILES string of the molecule is C[C@H](C=O)[C@H](OCc1ccccc1)[C@H]1COC(C)(C)O1. The van der Waals surface area contributed by atoms with E-state index in [9.17, 15) is 4.79 Å². The molecule has 1 heterocycles. The van der Waals surface area contributed by atoms with Gasteiger partial charge in [0.15, 0.2) is 5.79 Å². The van der Waals surface area contributed by atoms with Crippen molar-refractivity contribution >= 4 is 6.29 Å². The Bertz CT molecular complexity index is 429. The zero-order valence-electron chi connectivity index (χ0n) is 12.2. The Morgan fingerprint density at radius 1 is 1.40 bits per heavy atom. The fraction of sp³-hybridized carbons (Fsp3) is 0.562. The smallest absolute Gasteiger partial charge is 0.163 e. The van der Waals surface area contributed by atoms with E-state index in [1.165, 1.54) is 0 Å². The van der Waals surface area contributed by atoms with Crippen LogP contribution in [-0.2, 0) is 25.6 Å². The Labute approximate surface area is 120 Å². The number of aldehydes is 1. The molecule has 0 radical (unpaired) electrons. The first-order valence-electron chi connectivity index (χ1n) is 6.94. The topological polar surface area (TPSA) is 44.8 Å². The Morgan fingerprint density at radius 3 is 2.65 bits per heavy atom. The summed E-state index contributed by atoms with van der Waals surface area (Å²) in [6.45, 7) is 6.49. The van der Waals surface area contributed by atoms with Crippen LogP contribution in [0.3, 0.4) is 0 Å². The largest absolute Gasteiger partial charge is 0.370 e. The summed E-state index contributed by atoms with van der Waals surface area (Å²) in [5.41, 5.74) is 1.08. The van der Waals surface area contributed by atoms with Crippen LogP contribution >= 0.6 is 0 Å². The molecule has 20 heavy (non-hydrogen) atoms. The number of rotatable bonds is 6. The number of hydrogen-bond donors (Lipinski definition) is 0. The van der Waals surface area contributed by atoms with Crippen molar-refractivity contribution in [1.82, 2.24) is 0 Å². The highest BCUT2D eigenvalue weighted by Crippen LogP contribution is 2.28. The van der Waals surface area contributed by atoms with Crippen molar-refractivity contribution < 1.29 is 19.0 Å². The van der Waals surface area contributed by atoms with E-state index in [1.807, 2.05) is 51.1 Å². The molecule has 1 aromatic rings. The highest BCUT2D eigenvalue weighted by atomic mass is 16.7. The van der Waals surface area contributed by atoms with Crippen LogP contribution in [0.1, 0.15) is 26.3 Å². The van der Waals surface area contributed by atoms with Crippen molar-refractivity contribution in [3.8, 4) is 0 Å². The van der Waals surface area contributed by atoms with Gasteiger partial charge in [0.1, 0.15) is 12.4 Å². The summed E-state index contributed by atoms with van der Waals surface area (Å²) in [7, 11) is 0. The lowest BCUT2D eigenvalue weighted by molar-refractivity contribution is -0.164. The van der Waals surface area contributed by atoms with Crippen molar-refractivity contribution in [3.63, 3.8) is 0 Å². The summed E-state index contributed by atoms with van der Waals surface area (Å²) in [5.74, 6) is -0.844. The van der Waals surface area contributed by atoms with Gasteiger partial charge in [-0.2, -0.15) is 0 Å². The average molecular weight is 278 g/mol. The minimum atomic E-state index is -0.609. The molecular formula is C16H22O4. The second-order valence-electron chi connectivity index (χ2n) is 5.62. The van der Waals surface area contributed by atoms with E-state index >= 15 is 0 Å². The molecule has 0 saturated carbocycles. The summed E-state index contributed by atoms with van der Waals surface area (Å²) >= 11 is 0. The van der Waals surface area contributed by atoms with E-state index in [1.54, 1.807) is 0 Å². The van der Waals surface area contributed by atoms with Crippen LogP contribution in [0.2, 0.25) is 0 Å². The molecule has 110 valence electrons. The quantitative estimate of drug-likeness (QED) is 0.750. The van der Waals surface area contributed by atoms with Crippen LogP contribution in [0.5, 0.6) is 0 Å². The molecule has 1 aromatic carbocycles. The lowest BCUT2D eigenvalue weighted by Gasteiger charge is -2.26. The van der Waals surface area contributed by atoms with Crippen LogP contribution < -0.4 is 0 Å². The highest BCUT2D eigenvalue weighted by molar-refractivity contribution is 5.54. The maximum atomic E-state index is 11.1. The first kappa shape index (κ1) is 15.2. The van der Waals surface area contributed by atoms with E-state index < -0.39 is 5.79 Å². The van der Waals surface area contributed by atoms with Crippen LogP contribution in [0.4, 0.5) is 0 Å². The van der Waals surface area contributed by atoms with E-state index in [0.717, 1.165) is 11.8 Å². The molecule has 1 saturated heterocycles. The standard InChI is InChI=1S/C16H22O4/c1-12(9-17)15(14-11-19-16(2,3)20-14)18-10-13-7-5-4-6-8-13/h4-9,12,14-15H,10-11H2,1-3H3/t12-,14-,15+/m1/s1. The van der Waals surface area contributed by atoms with Crippen LogP contribution in [0.25, 0.3) is 0 Å². The molecule has 0 spiro atoms. The predicted molar refractivity (Wildman–Crippen MR) is 75.2 cm³/mol. The van der Waals surface area contributed by atoms with Crippen LogP contribution in [0, 0.1) is 5.92 Å². The zero-order valence-corrected chi connectivity index (χ0v) is 12.2. The predicted octanol–water partition coefficient (Wildman–Crippen LogP) is 2.56. The van der Waals surface area contributed by atoms with E-state index in [2.05, 4.69) is 0 Å². The number of benzene rings is 1. The lowest BCUT2D eigenvalue weighted by atomic mass is 10.0. The van der Waals surface area contributed by atoms with Gasteiger partial charge in [-0.1, -0.05) is 37.3 Å². The maximum Gasteiger partial charge on any atom is 0.163 e. The van der Waals surface area contributed by atoms with E-state index in [4.69, 9.17) is 14.2 Å². The van der Waals surface area contributed by atoms with Gasteiger partial charge in [0.05, 0.1) is 19.3 Å². The molecule has 0 amide bonds. The second kappa shape index (κ2) is 6.48. The van der Waals surface area contributed by atoms with Crippen molar-refractivity contribution in [2.24, 2.45) is 5.92 Å². The van der Waals surface area contributed by atoms with E-state index in [-0.39, 0.29) is 18.1 Å².